The molecule has 8 rings (SSSR count). The number of fused-ring (bicyclic) bond motifs is 10. The van der Waals surface area contributed by atoms with Gasteiger partial charge in [-0.05, 0) is 39.9 Å². The zero-order chi connectivity index (χ0) is 22.2. The predicted octanol–water partition coefficient (Wildman–Crippen LogP) is 8.83. The summed E-state index contributed by atoms with van der Waals surface area (Å²) in [6.45, 7) is 0. The monoisotopic (exact) mass is 450 g/mol. The molecule has 3 aromatic heterocycles. The van der Waals surface area contributed by atoms with Crippen LogP contribution in [0.15, 0.2) is 109 Å². The van der Waals surface area contributed by atoms with Crippen molar-refractivity contribution in [3.05, 3.63) is 109 Å². The van der Waals surface area contributed by atoms with Crippen molar-refractivity contribution in [2.45, 2.75) is 0 Å². The summed E-state index contributed by atoms with van der Waals surface area (Å²) >= 11 is 1.85. The number of thiophene rings is 1. The molecule has 34 heavy (non-hydrogen) atoms. The van der Waals surface area contributed by atoms with E-state index in [0.717, 1.165) is 16.7 Å². The van der Waals surface area contributed by atoms with Crippen LogP contribution < -0.4 is 0 Å². The number of aromatic nitrogens is 2. The van der Waals surface area contributed by atoms with Crippen LogP contribution in [0.25, 0.3) is 69.5 Å². The Hall–Kier alpha value is -4.21. The third kappa shape index (κ3) is 2.42. The average molecular weight is 451 g/mol. The summed E-state index contributed by atoms with van der Waals surface area (Å²) in [5.74, 6) is 0. The van der Waals surface area contributed by atoms with E-state index in [-0.39, 0.29) is 0 Å². The maximum atomic E-state index is 5.24. The van der Waals surface area contributed by atoms with E-state index in [2.05, 4.69) is 114 Å². The van der Waals surface area contributed by atoms with Crippen LogP contribution >= 0.6 is 11.3 Å². The van der Waals surface area contributed by atoms with Crippen LogP contribution in [-0.4, -0.2) is 9.38 Å². The molecule has 0 atom stereocenters. The molecule has 0 fully saturated rings. The molecule has 0 aliphatic carbocycles. The molecule has 0 N–H and O–H groups in total. The summed E-state index contributed by atoms with van der Waals surface area (Å²) in [5, 5.41) is 7.57. The number of imidazole rings is 1. The molecular weight excluding hydrogens is 432 g/mol. The molecule has 2 nitrogen and oxygen atoms in total. The SMILES string of the molecule is c1ccc(-c2cn3c4ccc5ccccc5c4nc3c3sc4cc5ccccc5cc4c23)cc1. The van der Waals surface area contributed by atoms with E-state index < -0.39 is 0 Å². The lowest BCUT2D eigenvalue weighted by atomic mass is 10.00. The maximum Gasteiger partial charge on any atom is 0.156 e. The summed E-state index contributed by atoms with van der Waals surface area (Å²) in [6, 6.07) is 37.0. The fourth-order valence-electron chi connectivity index (χ4n) is 5.36. The van der Waals surface area contributed by atoms with E-state index in [1.54, 1.807) is 0 Å². The van der Waals surface area contributed by atoms with Gasteiger partial charge in [0.25, 0.3) is 0 Å². The van der Waals surface area contributed by atoms with Crippen molar-refractivity contribution in [3.63, 3.8) is 0 Å². The van der Waals surface area contributed by atoms with Gasteiger partial charge in [0.2, 0.25) is 0 Å². The molecule has 5 aromatic carbocycles. The highest BCUT2D eigenvalue weighted by molar-refractivity contribution is 7.26. The summed E-state index contributed by atoms with van der Waals surface area (Å²) in [5.41, 5.74) is 5.72. The molecule has 0 amide bonds. The summed E-state index contributed by atoms with van der Waals surface area (Å²) < 4.78 is 4.84. The van der Waals surface area contributed by atoms with Gasteiger partial charge in [-0.1, -0.05) is 84.9 Å². The van der Waals surface area contributed by atoms with E-state index in [4.69, 9.17) is 4.98 Å². The molecule has 0 bridgehead atoms. The van der Waals surface area contributed by atoms with Gasteiger partial charge >= 0.3 is 0 Å². The van der Waals surface area contributed by atoms with Crippen LogP contribution in [0.1, 0.15) is 0 Å². The third-order valence-electron chi connectivity index (χ3n) is 6.96. The van der Waals surface area contributed by atoms with Crippen molar-refractivity contribution >= 4 is 69.7 Å². The second kappa shape index (κ2) is 6.66. The quantitative estimate of drug-likeness (QED) is 0.244. The summed E-state index contributed by atoms with van der Waals surface area (Å²) in [4.78, 5) is 5.24. The van der Waals surface area contributed by atoms with Gasteiger partial charge in [0.05, 0.1) is 15.7 Å². The van der Waals surface area contributed by atoms with Gasteiger partial charge in [-0.25, -0.2) is 4.98 Å². The van der Waals surface area contributed by atoms with Gasteiger partial charge in [-0.15, -0.1) is 11.3 Å². The first-order chi connectivity index (χ1) is 16.8. The Bertz CT molecular complexity index is 2060. The van der Waals surface area contributed by atoms with Gasteiger partial charge < -0.3 is 0 Å². The van der Waals surface area contributed by atoms with Gasteiger partial charge in [0.1, 0.15) is 0 Å². The Morgan fingerprint density at radius 1 is 0.647 bits per heavy atom. The fourth-order valence-corrected chi connectivity index (χ4v) is 6.59. The first-order valence-electron chi connectivity index (χ1n) is 11.5. The topological polar surface area (TPSA) is 17.3 Å². The van der Waals surface area contributed by atoms with Crippen LogP contribution in [0.5, 0.6) is 0 Å². The Kier molecular flexibility index (Phi) is 3.57. The molecule has 0 aliphatic heterocycles. The van der Waals surface area contributed by atoms with Crippen molar-refractivity contribution < 1.29 is 0 Å². The minimum atomic E-state index is 1.03. The van der Waals surface area contributed by atoms with Gasteiger partial charge in [-0.2, -0.15) is 0 Å². The van der Waals surface area contributed by atoms with Gasteiger partial charge in [0, 0.05) is 32.6 Å². The lowest BCUT2D eigenvalue weighted by Crippen LogP contribution is -1.89. The fraction of sp³-hybridized carbons (Fsp3) is 0. The van der Waals surface area contributed by atoms with Gasteiger partial charge in [0.15, 0.2) is 5.65 Å². The Balaban J connectivity index is 1.63. The number of nitrogens with zero attached hydrogens (tertiary/aromatic N) is 2. The van der Waals surface area contributed by atoms with Gasteiger partial charge in [-0.3, -0.25) is 4.40 Å². The Labute approximate surface area is 199 Å². The second-order valence-electron chi connectivity index (χ2n) is 8.87. The minimum Gasteiger partial charge on any atom is -0.298 e. The molecule has 8 aromatic rings. The van der Waals surface area contributed by atoms with Crippen LogP contribution in [0.2, 0.25) is 0 Å². The average Bonchev–Trinajstić information content (AvgIpc) is 3.46. The highest BCUT2D eigenvalue weighted by atomic mass is 32.1. The number of benzene rings is 5. The van der Waals surface area contributed by atoms with Crippen molar-refractivity contribution in [1.29, 1.82) is 0 Å². The number of hydrogen-bond donors (Lipinski definition) is 0. The largest absolute Gasteiger partial charge is 0.298 e. The molecule has 0 radical (unpaired) electrons. The molecule has 158 valence electrons. The van der Waals surface area contributed by atoms with Crippen LogP contribution in [-0.2, 0) is 0 Å². The highest BCUT2D eigenvalue weighted by Gasteiger charge is 2.19. The number of hydrogen-bond acceptors (Lipinski definition) is 2. The number of rotatable bonds is 1. The smallest absolute Gasteiger partial charge is 0.156 e. The molecule has 0 spiro atoms. The first-order valence-corrected chi connectivity index (χ1v) is 12.3. The standard InChI is InChI=1S/C31H18N2S/c1-2-8-19(9-3-1)25-18-33-26-15-14-20-10-6-7-13-23(20)29(26)32-31(33)30-28(25)24-16-21-11-4-5-12-22(21)17-27(24)34-30/h1-18H. The first kappa shape index (κ1) is 18.2. The van der Waals surface area contributed by atoms with E-state index in [1.807, 2.05) is 11.3 Å². The van der Waals surface area contributed by atoms with Crippen molar-refractivity contribution in [2.24, 2.45) is 0 Å². The lowest BCUT2D eigenvalue weighted by Gasteiger charge is -2.08. The zero-order valence-corrected chi connectivity index (χ0v) is 19.0. The Morgan fingerprint density at radius 2 is 1.38 bits per heavy atom. The summed E-state index contributed by atoms with van der Waals surface area (Å²) in [7, 11) is 0. The third-order valence-corrected chi connectivity index (χ3v) is 8.10. The molecule has 3 heteroatoms. The normalized spacial score (nSPS) is 12.1. The number of pyridine rings is 1. The van der Waals surface area contributed by atoms with Crippen molar-refractivity contribution in [3.8, 4) is 11.1 Å². The Morgan fingerprint density at radius 3 is 2.24 bits per heavy atom. The van der Waals surface area contributed by atoms with E-state index in [9.17, 15) is 0 Å². The second-order valence-corrected chi connectivity index (χ2v) is 9.92. The lowest BCUT2D eigenvalue weighted by molar-refractivity contribution is 1.25. The maximum absolute atomic E-state index is 5.24. The van der Waals surface area contributed by atoms with Crippen LogP contribution in [0, 0.1) is 0 Å². The van der Waals surface area contributed by atoms with Crippen LogP contribution in [0.4, 0.5) is 0 Å². The molecule has 0 saturated heterocycles. The van der Waals surface area contributed by atoms with E-state index in [1.165, 1.54) is 52.8 Å². The molecule has 0 unspecified atom stereocenters. The van der Waals surface area contributed by atoms with E-state index in [0.29, 0.717) is 0 Å². The minimum absolute atomic E-state index is 1.03. The molecule has 0 saturated carbocycles. The van der Waals surface area contributed by atoms with E-state index >= 15 is 0 Å². The predicted molar refractivity (Wildman–Crippen MR) is 146 cm³/mol. The molecule has 0 aliphatic rings. The molecule has 3 heterocycles. The van der Waals surface area contributed by atoms with Crippen molar-refractivity contribution in [2.75, 3.05) is 0 Å². The van der Waals surface area contributed by atoms with Crippen LogP contribution in [0.3, 0.4) is 0 Å². The van der Waals surface area contributed by atoms with Crippen molar-refractivity contribution in [1.82, 2.24) is 9.38 Å². The highest BCUT2D eigenvalue weighted by Crippen LogP contribution is 2.44. The summed E-state index contributed by atoms with van der Waals surface area (Å²) in [6.07, 6.45) is 2.29. The molecular formula is C31H18N2S. The zero-order valence-electron chi connectivity index (χ0n) is 18.2.